The number of pyridine rings is 1. The standard InChI is InChI=1S/C13H17ClN4O/c14-11-5-4-8-16-13(11)18-9-6-12(17-18)15-7-2-1-3-10-19/h4-6,8-9,19H,1-3,7,10H2,(H,15,17). The number of halogens is 1. The molecular formula is C13H17ClN4O. The zero-order valence-electron chi connectivity index (χ0n) is 10.6. The molecule has 2 rings (SSSR count). The van der Waals surface area contributed by atoms with Crippen LogP contribution in [0.1, 0.15) is 19.3 Å². The lowest BCUT2D eigenvalue weighted by molar-refractivity contribution is 0.283. The summed E-state index contributed by atoms with van der Waals surface area (Å²) in [6, 6.07) is 5.46. The first-order valence-corrected chi connectivity index (χ1v) is 6.70. The van der Waals surface area contributed by atoms with E-state index in [4.69, 9.17) is 16.7 Å². The number of rotatable bonds is 7. The molecule has 2 aromatic heterocycles. The Labute approximate surface area is 117 Å². The summed E-state index contributed by atoms with van der Waals surface area (Å²) in [7, 11) is 0. The van der Waals surface area contributed by atoms with Gasteiger partial charge in [0.05, 0.1) is 5.02 Å². The molecule has 0 unspecified atom stereocenters. The molecular weight excluding hydrogens is 264 g/mol. The molecule has 0 amide bonds. The molecule has 0 bridgehead atoms. The third-order valence-corrected chi connectivity index (χ3v) is 2.98. The lowest BCUT2D eigenvalue weighted by atomic mass is 10.2. The van der Waals surface area contributed by atoms with Crippen LogP contribution in [0.5, 0.6) is 0 Å². The number of nitrogens with one attached hydrogen (secondary N) is 1. The number of unbranched alkanes of at least 4 members (excludes halogenated alkanes) is 2. The SMILES string of the molecule is OCCCCCNc1ccn(-c2ncccc2Cl)n1. The predicted octanol–water partition coefficient (Wildman–Crippen LogP) is 2.50. The maximum absolute atomic E-state index is 8.68. The highest BCUT2D eigenvalue weighted by Gasteiger charge is 2.05. The highest BCUT2D eigenvalue weighted by atomic mass is 35.5. The zero-order chi connectivity index (χ0) is 13.5. The fourth-order valence-corrected chi connectivity index (χ4v) is 1.92. The summed E-state index contributed by atoms with van der Waals surface area (Å²) in [6.45, 7) is 1.10. The quantitative estimate of drug-likeness (QED) is 0.765. The van der Waals surface area contributed by atoms with Gasteiger partial charge in [-0.1, -0.05) is 11.6 Å². The van der Waals surface area contributed by atoms with Crippen LogP contribution in [-0.4, -0.2) is 33.0 Å². The molecule has 0 aliphatic heterocycles. The first-order chi connectivity index (χ1) is 9.31. The van der Waals surface area contributed by atoms with Crippen LogP contribution in [0.15, 0.2) is 30.6 Å². The van der Waals surface area contributed by atoms with E-state index in [2.05, 4.69) is 15.4 Å². The smallest absolute Gasteiger partial charge is 0.172 e. The van der Waals surface area contributed by atoms with Crippen LogP contribution in [0.2, 0.25) is 5.02 Å². The van der Waals surface area contributed by atoms with Gasteiger partial charge in [0.25, 0.3) is 0 Å². The maximum atomic E-state index is 8.68. The third kappa shape index (κ3) is 3.94. The summed E-state index contributed by atoms with van der Waals surface area (Å²) in [5, 5.41) is 16.8. The molecule has 19 heavy (non-hydrogen) atoms. The van der Waals surface area contributed by atoms with Crippen LogP contribution in [0.25, 0.3) is 5.82 Å². The molecule has 0 aliphatic rings. The molecule has 6 heteroatoms. The van der Waals surface area contributed by atoms with E-state index in [1.165, 1.54) is 0 Å². The average molecular weight is 281 g/mol. The zero-order valence-corrected chi connectivity index (χ0v) is 11.3. The van der Waals surface area contributed by atoms with Crippen molar-refractivity contribution in [2.45, 2.75) is 19.3 Å². The summed E-state index contributed by atoms with van der Waals surface area (Å²) in [6.07, 6.45) is 6.38. The van der Waals surface area contributed by atoms with Crippen molar-refractivity contribution in [3.05, 3.63) is 35.6 Å². The summed E-state index contributed by atoms with van der Waals surface area (Å²) >= 11 is 6.06. The van der Waals surface area contributed by atoms with Crippen LogP contribution in [0.4, 0.5) is 5.82 Å². The third-order valence-electron chi connectivity index (χ3n) is 2.69. The summed E-state index contributed by atoms with van der Waals surface area (Å²) in [5.41, 5.74) is 0. The summed E-state index contributed by atoms with van der Waals surface area (Å²) in [5.74, 6) is 1.42. The molecule has 102 valence electrons. The van der Waals surface area contributed by atoms with E-state index < -0.39 is 0 Å². The molecule has 0 saturated carbocycles. The van der Waals surface area contributed by atoms with E-state index in [0.29, 0.717) is 10.8 Å². The van der Waals surface area contributed by atoms with Crippen LogP contribution >= 0.6 is 11.6 Å². The molecule has 0 radical (unpaired) electrons. The van der Waals surface area contributed by atoms with Crippen molar-refractivity contribution in [3.8, 4) is 5.82 Å². The lowest BCUT2D eigenvalue weighted by Crippen LogP contribution is -2.04. The minimum Gasteiger partial charge on any atom is -0.396 e. The molecule has 5 nitrogen and oxygen atoms in total. The summed E-state index contributed by atoms with van der Waals surface area (Å²) in [4.78, 5) is 4.20. The number of anilines is 1. The fourth-order valence-electron chi connectivity index (χ4n) is 1.71. The second-order valence-electron chi connectivity index (χ2n) is 4.17. The lowest BCUT2D eigenvalue weighted by Gasteiger charge is -2.03. The molecule has 0 fully saturated rings. The highest BCUT2D eigenvalue weighted by molar-refractivity contribution is 6.32. The van der Waals surface area contributed by atoms with Gasteiger partial charge in [-0.2, -0.15) is 0 Å². The molecule has 2 heterocycles. The van der Waals surface area contributed by atoms with Gasteiger partial charge in [0.2, 0.25) is 0 Å². The maximum Gasteiger partial charge on any atom is 0.172 e. The van der Waals surface area contributed by atoms with Gasteiger partial charge >= 0.3 is 0 Å². The number of aliphatic hydroxyl groups is 1. The van der Waals surface area contributed by atoms with Gasteiger partial charge in [-0.05, 0) is 31.4 Å². The summed E-state index contributed by atoms with van der Waals surface area (Å²) < 4.78 is 1.65. The van der Waals surface area contributed by atoms with Gasteiger partial charge in [0.15, 0.2) is 5.82 Å². The first kappa shape index (κ1) is 13.8. The molecule has 0 spiro atoms. The second-order valence-corrected chi connectivity index (χ2v) is 4.57. The van der Waals surface area contributed by atoms with Gasteiger partial charge in [-0.25, -0.2) is 9.67 Å². The van der Waals surface area contributed by atoms with E-state index in [-0.39, 0.29) is 6.61 Å². The molecule has 2 aromatic rings. The van der Waals surface area contributed by atoms with Crippen LogP contribution in [-0.2, 0) is 0 Å². The topological polar surface area (TPSA) is 63.0 Å². The Bertz CT molecular complexity index is 515. The van der Waals surface area contributed by atoms with Crippen molar-refractivity contribution in [1.82, 2.24) is 14.8 Å². The molecule has 2 N–H and O–H groups in total. The molecule has 0 atom stereocenters. The fraction of sp³-hybridized carbons (Fsp3) is 0.385. The van der Waals surface area contributed by atoms with Crippen LogP contribution < -0.4 is 5.32 Å². The molecule has 0 aliphatic carbocycles. The first-order valence-electron chi connectivity index (χ1n) is 6.32. The number of aliphatic hydroxyl groups excluding tert-OH is 1. The predicted molar refractivity (Wildman–Crippen MR) is 75.8 cm³/mol. The van der Waals surface area contributed by atoms with E-state index in [0.717, 1.165) is 31.6 Å². The van der Waals surface area contributed by atoms with Crippen molar-refractivity contribution in [3.63, 3.8) is 0 Å². The Morgan fingerprint density at radius 3 is 2.95 bits per heavy atom. The van der Waals surface area contributed by atoms with Crippen molar-refractivity contribution < 1.29 is 5.11 Å². The average Bonchev–Trinajstić information content (AvgIpc) is 2.88. The van der Waals surface area contributed by atoms with Crippen molar-refractivity contribution >= 4 is 17.4 Å². The Morgan fingerprint density at radius 2 is 2.16 bits per heavy atom. The highest BCUT2D eigenvalue weighted by Crippen LogP contribution is 2.17. The number of hydrogen-bond donors (Lipinski definition) is 2. The van der Waals surface area contributed by atoms with E-state index >= 15 is 0 Å². The van der Waals surface area contributed by atoms with Crippen molar-refractivity contribution in [2.24, 2.45) is 0 Å². The van der Waals surface area contributed by atoms with Gasteiger partial charge < -0.3 is 10.4 Å². The monoisotopic (exact) mass is 280 g/mol. The van der Waals surface area contributed by atoms with Gasteiger partial charge in [0, 0.05) is 31.6 Å². The Hall–Kier alpha value is -1.59. The van der Waals surface area contributed by atoms with Gasteiger partial charge in [0.1, 0.15) is 5.82 Å². The van der Waals surface area contributed by atoms with E-state index in [1.807, 2.05) is 12.3 Å². The number of aromatic nitrogens is 3. The minimum atomic E-state index is 0.257. The number of hydrogen-bond acceptors (Lipinski definition) is 4. The normalized spacial score (nSPS) is 10.6. The Morgan fingerprint density at radius 1 is 1.26 bits per heavy atom. The Kier molecular flexibility index (Phi) is 5.18. The number of nitrogens with zero attached hydrogens (tertiary/aromatic N) is 3. The molecule has 0 saturated heterocycles. The largest absolute Gasteiger partial charge is 0.396 e. The second kappa shape index (κ2) is 7.11. The van der Waals surface area contributed by atoms with Crippen LogP contribution in [0, 0.1) is 0 Å². The van der Waals surface area contributed by atoms with E-state index in [9.17, 15) is 0 Å². The van der Waals surface area contributed by atoms with Gasteiger partial charge in [-0.3, -0.25) is 0 Å². The van der Waals surface area contributed by atoms with Crippen LogP contribution in [0.3, 0.4) is 0 Å². The minimum absolute atomic E-state index is 0.257. The van der Waals surface area contributed by atoms with Crippen molar-refractivity contribution in [2.75, 3.05) is 18.5 Å². The van der Waals surface area contributed by atoms with Gasteiger partial charge in [-0.15, -0.1) is 5.10 Å². The van der Waals surface area contributed by atoms with Crippen molar-refractivity contribution in [1.29, 1.82) is 0 Å². The molecule has 0 aromatic carbocycles. The Balaban J connectivity index is 1.91. The van der Waals surface area contributed by atoms with E-state index in [1.54, 1.807) is 23.0 Å².